The lowest BCUT2D eigenvalue weighted by Gasteiger charge is -2.33. The smallest absolute Gasteiger partial charge is 0.0242 e. The first-order valence-electron chi connectivity index (χ1n) is 8.03. The van der Waals surface area contributed by atoms with Crippen LogP contribution >= 0.6 is 0 Å². The van der Waals surface area contributed by atoms with Crippen LogP contribution in [0.2, 0.25) is 0 Å². The van der Waals surface area contributed by atoms with E-state index in [0.717, 1.165) is 17.9 Å². The van der Waals surface area contributed by atoms with Gasteiger partial charge in [-0.2, -0.15) is 0 Å². The summed E-state index contributed by atoms with van der Waals surface area (Å²) in [6.07, 6.45) is 8.18. The molecule has 1 fully saturated rings. The van der Waals surface area contributed by atoms with Crippen molar-refractivity contribution in [3.63, 3.8) is 0 Å². The maximum absolute atomic E-state index is 3.87. The van der Waals surface area contributed by atoms with Gasteiger partial charge >= 0.3 is 0 Å². The Balaban J connectivity index is 2.46. The van der Waals surface area contributed by atoms with Crippen molar-refractivity contribution < 1.29 is 0 Å². The number of rotatable bonds is 8. The van der Waals surface area contributed by atoms with Gasteiger partial charge < -0.3 is 10.2 Å². The van der Waals surface area contributed by atoms with E-state index in [1.165, 1.54) is 45.1 Å². The molecule has 1 saturated carbocycles. The molecule has 108 valence electrons. The molecule has 1 aliphatic rings. The summed E-state index contributed by atoms with van der Waals surface area (Å²) in [5.74, 6) is 1.75. The van der Waals surface area contributed by atoms with Crippen LogP contribution in [-0.2, 0) is 0 Å². The second-order valence-corrected chi connectivity index (χ2v) is 6.22. The first-order chi connectivity index (χ1) is 8.63. The molecule has 0 bridgehead atoms. The Kier molecular flexibility index (Phi) is 7.25. The third-order valence-corrected chi connectivity index (χ3v) is 5.03. The first-order valence-corrected chi connectivity index (χ1v) is 8.03. The average Bonchev–Trinajstić information content (AvgIpc) is 2.81. The van der Waals surface area contributed by atoms with Crippen LogP contribution in [-0.4, -0.2) is 37.6 Å². The monoisotopic (exact) mass is 254 g/mol. The fourth-order valence-electron chi connectivity index (χ4n) is 3.67. The topological polar surface area (TPSA) is 15.3 Å². The summed E-state index contributed by atoms with van der Waals surface area (Å²) in [5.41, 5.74) is 0. The minimum atomic E-state index is 0.693. The van der Waals surface area contributed by atoms with Crippen LogP contribution in [0.3, 0.4) is 0 Å². The summed E-state index contributed by atoms with van der Waals surface area (Å²) in [5, 5.41) is 3.87. The molecule has 0 amide bonds. The van der Waals surface area contributed by atoms with E-state index in [0.29, 0.717) is 6.04 Å². The van der Waals surface area contributed by atoms with Gasteiger partial charge in [0, 0.05) is 18.6 Å². The summed E-state index contributed by atoms with van der Waals surface area (Å²) >= 11 is 0. The molecule has 0 radical (unpaired) electrons. The second kappa shape index (κ2) is 8.16. The van der Waals surface area contributed by atoms with E-state index >= 15 is 0 Å². The van der Waals surface area contributed by atoms with Crippen LogP contribution in [0, 0.1) is 11.8 Å². The molecule has 0 heterocycles. The summed E-state index contributed by atoms with van der Waals surface area (Å²) in [6, 6.07) is 1.48. The molecule has 2 nitrogen and oxygen atoms in total. The first kappa shape index (κ1) is 16.0. The van der Waals surface area contributed by atoms with Crippen LogP contribution in [0.25, 0.3) is 0 Å². The Morgan fingerprint density at radius 3 is 2.28 bits per heavy atom. The highest BCUT2D eigenvalue weighted by Gasteiger charge is 2.27. The van der Waals surface area contributed by atoms with Gasteiger partial charge in [-0.05, 0) is 38.8 Å². The maximum Gasteiger partial charge on any atom is 0.0242 e. The summed E-state index contributed by atoms with van der Waals surface area (Å²) in [4.78, 5) is 2.42. The lowest BCUT2D eigenvalue weighted by Crippen LogP contribution is -2.46. The van der Waals surface area contributed by atoms with Crippen LogP contribution < -0.4 is 5.32 Å². The Morgan fingerprint density at radius 1 is 1.11 bits per heavy atom. The summed E-state index contributed by atoms with van der Waals surface area (Å²) in [7, 11) is 4.47. The minimum absolute atomic E-state index is 0.693. The van der Waals surface area contributed by atoms with Crippen molar-refractivity contribution in [1.82, 2.24) is 10.2 Å². The number of nitrogens with zero attached hydrogens (tertiary/aromatic N) is 1. The SMILES string of the molecule is CCC1CCCC1NCC(C(CC)CC)N(C)C. The number of likely N-dealkylation sites (N-methyl/N-ethyl adjacent to an activating group) is 1. The third kappa shape index (κ3) is 4.24. The molecule has 0 aromatic heterocycles. The quantitative estimate of drug-likeness (QED) is 0.713. The van der Waals surface area contributed by atoms with Crippen LogP contribution in [0.4, 0.5) is 0 Å². The molecule has 3 atom stereocenters. The molecule has 1 N–H and O–H groups in total. The van der Waals surface area contributed by atoms with E-state index in [1.807, 2.05) is 0 Å². The van der Waals surface area contributed by atoms with Gasteiger partial charge in [-0.1, -0.05) is 46.5 Å². The number of nitrogens with one attached hydrogen (secondary N) is 1. The second-order valence-electron chi connectivity index (χ2n) is 6.22. The highest BCUT2D eigenvalue weighted by atomic mass is 15.1. The molecule has 0 aromatic rings. The molecule has 0 aromatic carbocycles. The van der Waals surface area contributed by atoms with E-state index in [1.54, 1.807) is 0 Å². The third-order valence-electron chi connectivity index (χ3n) is 5.03. The number of hydrogen-bond acceptors (Lipinski definition) is 2. The normalized spacial score (nSPS) is 26.2. The van der Waals surface area contributed by atoms with Crippen molar-refractivity contribution in [3.05, 3.63) is 0 Å². The van der Waals surface area contributed by atoms with E-state index in [-0.39, 0.29) is 0 Å². The Morgan fingerprint density at radius 2 is 1.78 bits per heavy atom. The molecule has 2 heteroatoms. The zero-order valence-electron chi connectivity index (χ0n) is 13.2. The van der Waals surface area contributed by atoms with E-state index in [9.17, 15) is 0 Å². The zero-order valence-corrected chi connectivity index (χ0v) is 13.2. The molecule has 1 rings (SSSR count). The molecule has 1 aliphatic carbocycles. The maximum atomic E-state index is 3.87. The van der Waals surface area contributed by atoms with Gasteiger partial charge in [-0.15, -0.1) is 0 Å². The predicted octanol–water partition coefficient (Wildman–Crippen LogP) is 3.52. The Bertz CT molecular complexity index is 211. The lowest BCUT2D eigenvalue weighted by atomic mass is 9.92. The highest BCUT2D eigenvalue weighted by Crippen LogP contribution is 2.28. The summed E-state index contributed by atoms with van der Waals surface area (Å²) in [6.45, 7) is 8.17. The molecule has 0 spiro atoms. The predicted molar refractivity (Wildman–Crippen MR) is 81.0 cm³/mol. The largest absolute Gasteiger partial charge is 0.312 e. The van der Waals surface area contributed by atoms with Crippen LogP contribution in [0.5, 0.6) is 0 Å². The van der Waals surface area contributed by atoms with Gasteiger partial charge in [0.1, 0.15) is 0 Å². The zero-order chi connectivity index (χ0) is 13.5. The van der Waals surface area contributed by atoms with Crippen LogP contribution in [0.15, 0.2) is 0 Å². The average molecular weight is 254 g/mol. The molecular formula is C16H34N2. The van der Waals surface area contributed by atoms with Crippen molar-refractivity contribution >= 4 is 0 Å². The standard InChI is InChI=1S/C16H34N2/c1-6-13(7-2)16(18(4)5)12-17-15-11-9-10-14(15)8-3/h13-17H,6-12H2,1-5H3. The van der Waals surface area contributed by atoms with E-state index in [4.69, 9.17) is 0 Å². The van der Waals surface area contributed by atoms with Gasteiger partial charge in [-0.3, -0.25) is 0 Å². The van der Waals surface area contributed by atoms with Crippen LogP contribution in [0.1, 0.15) is 59.3 Å². The van der Waals surface area contributed by atoms with Crippen molar-refractivity contribution in [2.24, 2.45) is 11.8 Å². The van der Waals surface area contributed by atoms with Gasteiger partial charge in [-0.25, -0.2) is 0 Å². The lowest BCUT2D eigenvalue weighted by molar-refractivity contribution is 0.185. The van der Waals surface area contributed by atoms with Crippen molar-refractivity contribution in [1.29, 1.82) is 0 Å². The Labute approximate surface area is 115 Å². The minimum Gasteiger partial charge on any atom is -0.312 e. The van der Waals surface area contributed by atoms with E-state index in [2.05, 4.69) is 45.1 Å². The Hall–Kier alpha value is -0.0800. The van der Waals surface area contributed by atoms with Crippen molar-refractivity contribution in [3.8, 4) is 0 Å². The van der Waals surface area contributed by atoms with E-state index < -0.39 is 0 Å². The molecule has 3 unspecified atom stereocenters. The van der Waals surface area contributed by atoms with Crippen molar-refractivity contribution in [2.75, 3.05) is 20.6 Å². The highest BCUT2D eigenvalue weighted by molar-refractivity contribution is 4.85. The van der Waals surface area contributed by atoms with Crippen molar-refractivity contribution in [2.45, 2.75) is 71.4 Å². The van der Waals surface area contributed by atoms with Gasteiger partial charge in [0.05, 0.1) is 0 Å². The van der Waals surface area contributed by atoms with Gasteiger partial charge in [0.25, 0.3) is 0 Å². The molecule has 18 heavy (non-hydrogen) atoms. The van der Waals surface area contributed by atoms with Gasteiger partial charge in [0.2, 0.25) is 0 Å². The van der Waals surface area contributed by atoms with Gasteiger partial charge in [0.15, 0.2) is 0 Å². The fraction of sp³-hybridized carbons (Fsp3) is 1.00. The molecule has 0 aliphatic heterocycles. The molecule has 0 saturated heterocycles. The summed E-state index contributed by atoms with van der Waals surface area (Å²) < 4.78 is 0. The fourth-order valence-corrected chi connectivity index (χ4v) is 3.67. The number of hydrogen-bond donors (Lipinski definition) is 1. The molecular weight excluding hydrogens is 220 g/mol.